The summed E-state index contributed by atoms with van der Waals surface area (Å²) in [5.41, 5.74) is 6.64. The first-order chi connectivity index (χ1) is 6.13. The Kier molecular flexibility index (Phi) is 2.64. The van der Waals surface area contributed by atoms with Crippen molar-refractivity contribution in [2.75, 3.05) is 0 Å². The van der Waals surface area contributed by atoms with Gasteiger partial charge in [-0.05, 0) is 13.0 Å². The number of hydrogen-bond acceptors (Lipinski definition) is 3. The largest absolute Gasteiger partial charge is 0.404 e. The first-order valence-electron chi connectivity index (χ1n) is 3.79. The number of carbonyl (C=O) groups is 1. The molecule has 0 saturated heterocycles. The molecule has 0 radical (unpaired) electrons. The number of nitrogens with zero attached hydrogens (tertiary/aromatic N) is 1. The molecule has 0 atom stereocenters. The van der Waals surface area contributed by atoms with Crippen molar-refractivity contribution in [3.63, 3.8) is 0 Å². The Morgan fingerprint density at radius 2 is 2.38 bits per heavy atom. The van der Waals surface area contributed by atoms with Gasteiger partial charge in [0, 0.05) is 23.5 Å². The van der Waals surface area contributed by atoms with E-state index in [4.69, 9.17) is 5.73 Å². The minimum atomic E-state index is -0.203. The van der Waals surface area contributed by atoms with Crippen molar-refractivity contribution in [2.45, 2.75) is 6.92 Å². The standard InChI is InChI=1S/C9H11N3O/c1-6(2)11-9-7(5-10)3-4-8(13)12-9/h3-5H,1,10H2,2H3,(H,11,12,13)/b7-5-. The van der Waals surface area contributed by atoms with Crippen LogP contribution in [0.4, 0.5) is 0 Å². The van der Waals surface area contributed by atoms with E-state index >= 15 is 0 Å². The van der Waals surface area contributed by atoms with E-state index in [9.17, 15) is 4.79 Å². The second-order valence-corrected chi connectivity index (χ2v) is 2.64. The van der Waals surface area contributed by atoms with Crippen LogP contribution in [-0.2, 0) is 4.79 Å². The van der Waals surface area contributed by atoms with Crippen LogP contribution in [0.15, 0.2) is 41.2 Å². The molecular weight excluding hydrogens is 166 g/mol. The van der Waals surface area contributed by atoms with E-state index in [1.54, 1.807) is 13.0 Å². The monoisotopic (exact) mass is 177 g/mol. The molecule has 0 saturated carbocycles. The van der Waals surface area contributed by atoms with Crippen LogP contribution < -0.4 is 11.1 Å². The highest BCUT2D eigenvalue weighted by Gasteiger charge is 2.12. The Bertz CT molecular complexity index is 337. The Balaban J connectivity index is 3.03. The van der Waals surface area contributed by atoms with Crippen molar-refractivity contribution in [1.29, 1.82) is 0 Å². The molecule has 0 spiro atoms. The summed E-state index contributed by atoms with van der Waals surface area (Å²) in [6.07, 6.45) is 4.40. The van der Waals surface area contributed by atoms with Gasteiger partial charge in [0.15, 0.2) is 0 Å². The predicted molar refractivity (Wildman–Crippen MR) is 51.8 cm³/mol. The maximum Gasteiger partial charge on any atom is 0.249 e. The molecule has 1 amide bonds. The molecule has 0 aromatic rings. The summed E-state index contributed by atoms with van der Waals surface area (Å²) in [4.78, 5) is 15.0. The molecule has 0 bridgehead atoms. The fraction of sp³-hybridized carbons (Fsp3) is 0.111. The smallest absolute Gasteiger partial charge is 0.249 e. The zero-order valence-electron chi connectivity index (χ0n) is 7.37. The average molecular weight is 177 g/mol. The molecule has 1 aliphatic rings. The van der Waals surface area contributed by atoms with Crippen LogP contribution in [0.3, 0.4) is 0 Å². The van der Waals surface area contributed by atoms with Crippen LogP contribution in [-0.4, -0.2) is 11.7 Å². The molecule has 1 rings (SSSR count). The molecule has 68 valence electrons. The van der Waals surface area contributed by atoms with Gasteiger partial charge in [-0.25, -0.2) is 4.99 Å². The zero-order valence-corrected chi connectivity index (χ0v) is 7.37. The summed E-state index contributed by atoms with van der Waals surface area (Å²) >= 11 is 0. The van der Waals surface area contributed by atoms with E-state index in [0.29, 0.717) is 17.1 Å². The molecule has 1 aliphatic heterocycles. The van der Waals surface area contributed by atoms with E-state index < -0.39 is 0 Å². The minimum Gasteiger partial charge on any atom is -0.404 e. The second-order valence-electron chi connectivity index (χ2n) is 2.64. The van der Waals surface area contributed by atoms with Gasteiger partial charge >= 0.3 is 0 Å². The highest BCUT2D eigenvalue weighted by molar-refractivity contribution is 6.15. The molecular formula is C9H11N3O. The van der Waals surface area contributed by atoms with Crippen molar-refractivity contribution in [1.82, 2.24) is 5.32 Å². The third-order valence-corrected chi connectivity index (χ3v) is 1.41. The third-order valence-electron chi connectivity index (χ3n) is 1.41. The number of nitrogens with two attached hydrogens (primary N) is 1. The number of aliphatic imine (C=N–C) groups is 1. The molecule has 0 aromatic carbocycles. The molecule has 4 nitrogen and oxygen atoms in total. The fourth-order valence-electron chi connectivity index (χ4n) is 0.893. The fourth-order valence-corrected chi connectivity index (χ4v) is 0.893. The quantitative estimate of drug-likeness (QED) is 0.610. The number of rotatable bonds is 1. The number of nitrogens with one attached hydrogen (secondary N) is 1. The van der Waals surface area contributed by atoms with Gasteiger partial charge in [0.25, 0.3) is 0 Å². The molecule has 4 heteroatoms. The second kappa shape index (κ2) is 3.71. The summed E-state index contributed by atoms with van der Waals surface area (Å²) < 4.78 is 0. The van der Waals surface area contributed by atoms with Crippen LogP contribution >= 0.6 is 0 Å². The van der Waals surface area contributed by atoms with Crippen LogP contribution in [0.1, 0.15) is 6.92 Å². The Morgan fingerprint density at radius 1 is 1.69 bits per heavy atom. The van der Waals surface area contributed by atoms with Gasteiger partial charge in [-0.2, -0.15) is 0 Å². The van der Waals surface area contributed by atoms with E-state index in [1.165, 1.54) is 12.3 Å². The lowest BCUT2D eigenvalue weighted by Crippen LogP contribution is -2.33. The molecule has 3 N–H and O–H groups in total. The lowest BCUT2D eigenvalue weighted by molar-refractivity contribution is -0.115. The highest BCUT2D eigenvalue weighted by atomic mass is 16.1. The van der Waals surface area contributed by atoms with Gasteiger partial charge in [-0.15, -0.1) is 0 Å². The van der Waals surface area contributed by atoms with Crippen molar-refractivity contribution in [2.24, 2.45) is 10.7 Å². The van der Waals surface area contributed by atoms with Crippen LogP contribution in [0.25, 0.3) is 0 Å². The molecule has 0 unspecified atom stereocenters. The maximum absolute atomic E-state index is 10.9. The predicted octanol–water partition coefficient (Wildman–Crippen LogP) is 0.447. The highest BCUT2D eigenvalue weighted by Crippen LogP contribution is 2.04. The lowest BCUT2D eigenvalue weighted by Gasteiger charge is -2.11. The van der Waals surface area contributed by atoms with Crippen molar-refractivity contribution in [3.8, 4) is 0 Å². The minimum absolute atomic E-state index is 0.203. The van der Waals surface area contributed by atoms with Gasteiger partial charge in [0.2, 0.25) is 5.91 Å². The number of hydrogen-bond donors (Lipinski definition) is 2. The first-order valence-corrected chi connectivity index (χ1v) is 3.79. The number of carbonyl (C=O) groups excluding carboxylic acids is 1. The number of amides is 1. The van der Waals surface area contributed by atoms with Gasteiger partial charge in [-0.1, -0.05) is 6.58 Å². The topological polar surface area (TPSA) is 67.5 Å². The SMILES string of the molecule is C=C(C)/N=C1/NC(=O)C=C/C1=C/N. The summed E-state index contributed by atoms with van der Waals surface area (Å²) in [5, 5.41) is 2.56. The van der Waals surface area contributed by atoms with Gasteiger partial charge in [0.1, 0.15) is 5.84 Å². The number of amidine groups is 1. The van der Waals surface area contributed by atoms with E-state index in [2.05, 4.69) is 16.9 Å². The van der Waals surface area contributed by atoms with Gasteiger partial charge < -0.3 is 11.1 Å². The molecule has 0 fully saturated rings. The Labute approximate surface area is 76.5 Å². The van der Waals surface area contributed by atoms with Crippen molar-refractivity contribution >= 4 is 11.7 Å². The van der Waals surface area contributed by atoms with E-state index in [-0.39, 0.29) is 5.91 Å². The lowest BCUT2D eigenvalue weighted by atomic mass is 10.2. The summed E-state index contributed by atoms with van der Waals surface area (Å²) in [5.74, 6) is 0.244. The summed E-state index contributed by atoms with van der Waals surface area (Å²) in [6, 6.07) is 0. The zero-order chi connectivity index (χ0) is 9.84. The third kappa shape index (κ3) is 2.30. The van der Waals surface area contributed by atoms with E-state index in [0.717, 1.165) is 0 Å². The van der Waals surface area contributed by atoms with E-state index in [1.807, 2.05) is 0 Å². The van der Waals surface area contributed by atoms with Crippen LogP contribution in [0, 0.1) is 0 Å². The van der Waals surface area contributed by atoms with Crippen LogP contribution in [0.5, 0.6) is 0 Å². The van der Waals surface area contributed by atoms with Gasteiger partial charge in [-0.3, -0.25) is 4.79 Å². The average Bonchev–Trinajstić information content (AvgIpc) is 2.03. The first kappa shape index (κ1) is 9.25. The Morgan fingerprint density at radius 3 is 2.92 bits per heavy atom. The summed E-state index contributed by atoms with van der Waals surface area (Å²) in [6.45, 7) is 5.35. The van der Waals surface area contributed by atoms with Crippen molar-refractivity contribution < 1.29 is 4.79 Å². The molecule has 1 heterocycles. The van der Waals surface area contributed by atoms with Gasteiger partial charge in [0.05, 0.1) is 0 Å². The normalized spacial score (nSPS) is 22.1. The van der Waals surface area contributed by atoms with Crippen molar-refractivity contribution in [3.05, 3.63) is 36.2 Å². The number of allylic oxidation sites excluding steroid dienone is 1. The van der Waals surface area contributed by atoms with Crippen LogP contribution in [0.2, 0.25) is 0 Å². The Hall–Kier alpha value is -1.84. The molecule has 13 heavy (non-hydrogen) atoms. The molecule has 0 aromatic heterocycles. The summed E-state index contributed by atoms with van der Waals surface area (Å²) in [7, 11) is 0. The maximum atomic E-state index is 10.9. The molecule has 0 aliphatic carbocycles.